The van der Waals surface area contributed by atoms with E-state index in [1.165, 1.54) is 63.0 Å². The molecule has 0 bridgehead atoms. The maximum absolute atomic E-state index is 14.0. The summed E-state index contributed by atoms with van der Waals surface area (Å²) in [5.41, 5.74) is 3.80. The molecule has 0 unspecified atom stereocenters. The Bertz CT molecular complexity index is 3560. The van der Waals surface area contributed by atoms with Gasteiger partial charge >= 0.3 is 0 Å². The van der Waals surface area contributed by atoms with E-state index < -0.39 is 20.0 Å². The van der Waals surface area contributed by atoms with Gasteiger partial charge in [-0.3, -0.25) is 19.0 Å². The molecule has 6 saturated heterocycles. The van der Waals surface area contributed by atoms with E-state index in [4.69, 9.17) is 50.0 Å². The standard InChI is InChI=1S/C29H38ClN7O3S.C26H32Cl2N6O3S.C3H7N.ClH/c1-19-13-20(2)18-35(17-19)28-16-26(34-10-6-11-34)31-27-15-24(32-37(27)28)25-7-4-5-12-36(25)29(38)22-14-21(30)8-9-23(22)33-41(3,39)40;1-16-10-17(2)15-32(14-16)25-13-23(28)29-24-12-21(30-34(24)25)22-6-4-5-9-33(22)26(35)19-11-18(27)7-8-20(19)31-38(3,36)37;1-2-4-3-1;/h8-9,14-16,19-20,25,33H,4-7,10-13,17-18H2,1-3H3;7-8,11-13,16-17,22,31H,4-6,9-10,14-15H2,1-3H3;4H,1-3H2;1H/t19-,20+,25-;16-,17+,22-;;/m00../s1. The summed E-state index contributed by atoms with van der Waals surface area (Å²) in [5.74, 6) is 4.62. The van der Waals surface area contributed by atoms with Gasteiger partial charge in [0.1, 0.15) is 22.6 Å². The predicted octanol–water partition coefficient (Wildman–Crippen LogP) is 10.5. The maximum Gasteiger partial charge on any atom is 0.256 e. The van der Waals surface area contributed by atoms with E-state index in [-0.39, 0.29) is 58.8 Å². The zero-order valence-corrected chi connectivity index (χ0v) is 53.3. The lowest BCUT2D eigenvalue weighted by atomic mass is 9.92. The molecule has 0 aliphatic carbocycles. The van der Waals surface area contributed by atoms with Crippen molar-refractivity contribution in [1.29, 1.82) is 0 Å². The quantitative estimate of drug-likeness (QED) is 0.103. The summed E-state index contributed by atoms with van der Waals surface area (Å²) in [6.07, 6.45) is 12.2. The van der Waals surface area contributed by atoms with Gasteiger partial charge in [-0.2, -0.15) is 19.2 Å². The highest BCUT2D eigenvalue weighted by atomic mass is 35.5. The Balaban J connectivity index is 0.000000187. The summed E-state index contributed by atoms with van der Waals surface area (Å²) in [6.45, 7) is 18.5. The summed E-state index contributed by atoms with van der Waals surface area (Å²) in [6, 6.07) is 16.6. The highest BCUT2D eigenvalue weighted by molar-refractivity contribution is 7.92. The first-order chi connectivity index (χ1) is 39.5. The molecule has 3 N–H and O–H groups in total. The molecular formula is C58H78Cl4N14O6S2. The van der Waals surface area contributed by atoms with Gasteiger partial charge in [0.25, 0.3) is 11.8 Å². The first-order valence-corrected chi connectivity index (χ1v) is 34.0. The van der Waals surface area contributed by atoms with Gasteiger partial charge in [0.05, 0.1) is 58.5 Å². The van der Waals surface area contributed by atoms with Gasteiger partial charge in [-0.05, 0) is 137 Å². The largest absolute Gasteiger partial charge is 0.356 e. The molecule has 26 heteroatoms. The van der Waals surface area contributed by atoms with Crippen LogP contribution in [0.3, 0.4) is 0 Å². The average molecular weight is 1270 g/mol. The number of nitrogens with zero attached hydrogens (tertiary/aromatic N) is 11. The number of carbonyl (C=O) groups is 2. The number of hydrogen-bond acceptors (Lipinski definition) is 14. The van der Waals surface area contributed by atoms with Crippen LogP contribution in [-0.2, 0) is 20.0 Å². The summed E-state index contributed by atoms with van der Waals surface area (Å²) >= 11 is 18.9. The second kappa shape index (κ2) is 26.7. The molecular weight excluding hydrogens is 1190 g/mol. The van der Waals surface area contributed by atoms with E-state index in [9.17, 15) is 26.4 Å². The van der Waals surface area contributed by atoms with Crippen molar-refractivity contribution in [2.75, 3.05) is 102 Å². The number of likely N-dealkylation sites (tertiary alicyclic amines) is 2. The van der Waals surface area contributed by atoms with Crippen LogP contribution in [-0.4, -0.2) is 146 Å². The lowest BCUT2D eigenvalue weighted by molar-refractivity contribution is 0.0600. The van der Waals surface area contributed by atoms with Crippen LogP contribution in [0.4, 0.5) is 28.8 Å². The molecule has 2 aromatic carbocycles. The van der Waals surface area contributed by atoms with Crippen molar-refractivity contribution in [1.82, 2.24) is 44.3 Å². The topological polar surface area (TPSA) is 215 Å². The number of piperidine rings is 4. The van der Waals surface area contributed by atoms with Gasteiger partial charge in [-0.1, -0.05) is 62.5 Å². The van der Waals surface area contributed by atoms with E-state index in [1.54, 1.807) is 17.0 Å². The third kappa shape index (κ3) is 15.1. The lowest BCUT2D eigenvalue weighted by Crippen LogP contribution is -2.41. The molecule has 456 valence electrons. The van der Waals surface area contributed by atoms with Crippen LogP contribution in [0.15, 0.2) is 60.7 Å². The number of halogens is 4. The lowest BCUT2D eigenvalue weighted by Gasteiger charge is -2.38. The number of sulfonamides is 2. The fourth-order valence-electron chi connectivity index (χ4n) is 12.5. The predicted molar refractivity (Wildman–Crippen MR) is 338 cm³/mol. The second-order valence-corrected chi connectivity index (χ2v) is 28.6. The van der Waals surface area contributed by atoms with E-state index in [2.05, 4.69) is 68.2 Å². The zero-order chi connectivity index (χ0) is 58.9. The van der Waals surface area contributed by atoms with Crippen molar-refractivity contribution in [3.8, 4) is 0 Å². The van der Waals surface area contributed by atoms with Gasteiger partial charge in [0.15, 0.2) is 11.3 Å². The molecule has 10 heterocycles. The van der Waals surface area contributed by atoms with Crippen LogP contribution in [0.25, 0.3) is 11.3 Å². The van der Waals surface area contributed by atoms with Crippen molar-refractivity contribution in [2.24, 2.45) is 23.7 Å². The van der Waals surface area contributed by atoms with Gasteiger partial charge in [-0.15, -0.1) is 12.4 Å². The average Bonchev–Trinajstić information content (AvgIpc) is 2.74. The first kappa shape index (κ1) is 63.2. The normalized spacial score (nSPS) is 22.8. The first-order valence-electron chi connectivity index (χ1n) is 29.1. The van der Waals surface area contributed by atoms with Crippen molar-refractivity contribution in [3.63, 3.8) is 0 Å². The van der Waals surface area contributed by atoms with Crippen molar-refractivity contribution >= 4 is 119 Å². The minimum absolute atomic E-state index is 0. The summed E-state index contributed by atoms with van der Waals surface area (Å²) < 4.78 is 56.7. The fraction of sp³-hybridized carbons (Fsp3) is 0.552. The third-order valence-electron chi connectivity index (χ3n) is 16.3. The molecule has 12 rings (SSSR count). The number of amides is 2. The molecule has 0 saturated carbocycles. The molecule has 84 heavy (non-hydrogen) atoms. The van der Waals surface area contributed by atoms with E-state index in [0.717, 1.165) is 125 Å². The summed E-state index contributed by atoms with van der Waals surface area (Å²) in [7, 11) is -7.18. The molecule has 2 amide bonds. The molecule has 4 aromatic heterocycles. The van der Waals surface area contributed by atoms with Crippen LogP contribution >= 0.6 is 47.2 Å². The molecule has 6 atom stereocenters. The molecule has 6 fully saturated rings. The Morgan fingerprint density at radius 2 is 0.964 bits per heavy atom. The van der Waals surface area contributed by atoms with E-state index in [1.807, 2.05) is 32.1 Å². The molecule has 0 spiro atoms. The summed E-state index contributed by atoms with van der Waals surface area (Å²) in [4.78, 5) is 48.0. The molecule has 20 nitrogen and oxygen atoms in total. The van der Waals surface area contributed by atoms with Crippen molar-refractivity contribution in [3.05, 3.63) is 98.4 Å². The number of fused-ring (bicyclic) bond motifs is 2. The van der Waals surface area contributed by atoms with Crippen LogP contribution in [0, 0.1) is 23.7 Å². The van der Waals surface area contributed by atoms with Gasteiger partial charge in [-0.25, -0.2) is 26.8 Å². The van der Waals surface area contributed by atoms with E-state index in [0.29, 0.717) is 57.6 Å². The van der Waals surface area contributed by atoms with Crippen LogP contribution in [0.1, 0.15) is 136 Å². The van der Waals surface area contributed by atoms with Crippen LogP contribution < -0.4 is 29.5 Å². The fourth-order valence-corrected chi connectivity index (χ4v) is 14.2. The van der Waals surface area contributed by atoms with Crippen LogP contribution in [0.5, 0.6) is 0 Å². The number of carbonyl (C=O) groups excluding carboxylic acids is 2. The number of rotatable bonds is 11. The SMILES string of the molecule is C1CNC1.C[C@@H]1C[C@H](C)CN(c2cc(Cl)nc3cc([C@@H]4CCCCN4C(=O)c4cc(Cl)ccc4NS(C)(=O)=O)nn23)C1.C[C@@H]1C[C@H](C)CN(c2cc(N3CCC3)nc3cc([C@@H]4CCCCN4C(=O)c4cc(Cl)ccc4NS(C)(=O)=O)nn23)C1.Cl. The Hall–Kier alpha value is -5.36. The number of aromatic nitrogens is 6. The Morgan fingerprint density at radius 1 is 0.548 bits per heavy atom. The van der Waals surface area contributed by atoms with Gasteiger partial charge < -0.3 is 29.8 Å². The number of nitrogens with one attached hydrogen (secondary N) is 3. The molecule has 6 aliphatic heterocycles. The van der Waals surface area contributed by atoms with E-state index >= 15 is 0 Å². The monoisotopic (exact) mass is 1270 g/mol. The Kier molecular flexibility index (Phi) is 20.1. The van der Waals surface area contributed by atoms with Crippen molar-refractivity contribution in [2.45, 2.75) is 104 Å². The summed E-state index contributed by atoms with van der Waals surface area (Å²) in [5, 5.41) is 14.3. The smallest absolute Gasteiger partial charge is 0.256 e. The molecule has 0 radical (unpaired) electrons. The van der Waals surface area contributed by atoms with Crippen LogP contribution in [0.2, 0.25) is 15.2 Å². The number of hydrogen-bond donors (Lipinski definition) is 3. The second-order valence-electron chi connectivity index (χ2n) is 23.9. The molecule has 6 aliphatic rings. The minimum atomic E-state index is -3.59. The third-order valence-corrected chi connectivity index (χ3v) is 18.2. The molecule has 6 aromatic rings. The van der Waals surface area contributed by atoms with Gasteiger partial charge in [0.2, 0.25) is 20.0 Å². The zero-order valence-electron chi connectivity index (χ0n) is 48.6. The van der Waals surface area contributed by atoms with Gasteiger partial charge in [0, 0.05) is 86.7 Å². The maximum atomic E-state index is 14.0. The van der Waals surface area contributed by atoms with Crippen molar-refractivity contribution < 1.29 is 26.4 Å². The number of anilines is 5. The Labute approximate surface area is 514 Å². The highest BCUT2D eigenvalue weighted by Gasteiger charge is 2.36. The Morgan fingerprint density at radius 3 is 1.36 bits per heavy atom. The number of benzene rings is 2. The highest BCUT2D eigenvalue weighted by Crippen LogP contribution is 2.39. The minimum Gasteiger partial charge on any atom is -0.356 e.